The lowest BCUT2D eigenvalue weighted by Gasteiger charge is -2.23. The van der Waals surface area contributed by atoms with Gasteiger partial charge < -0.3 is 25.0 Å². The Hall–Kier alpha value is -1.95. The van der Waals surface area contributed by atoms with Crippen LogP contribution in [0, 0.1) is 5.92 Å². The number of benzene rings is 1. The third-order valence-corrected chi connectivity index (χ3v) is 5.36. The molecule has 1 aromatic rings. The van der Waals surface area contributed by atoms with Gasteiger partial charge in [0.1, 0.15) is 11.5 Å². The van der Waals surface area contributed by atoms with Gasteiger partial charge in [-0.25, -0.2) is 4.79 Å². The van der Waals surface area contributed by atoms with Crippen molar-refractivity contribution in [2.24, 2.45) is 5.92 Å². The Balaban J connectivity index is 1.47. The highest BCUT2D eigenvalue weighted by molar-refractivity contribution is 5.91. The number of hydrogen-bond donors (Lipinski definition) is 2. The lowest BCUT2D eigenvalue weighted by Crippen LogP contribution is -2.35. The van der Waals surface area contributed by atoms with Crippen LogP contribution in [0.2, 0.25) is 0 Å². The fraction of sp³-hybridized carbons (Fsp3) is 0.632. The minimum Gasteiger partial charge on any atom is -0.497 e. The fourth-order valence-corrected chi connectivity index (χ4v) is 3.95. The SMILES string of the molecule is COc1ccc(OC)c(NC(=O)NC[C@@H]2CCN(C3CCCC3)C2)c1. The first-order chi connectivity index (χ1) is 12.2. The van der Waals surface area contributed by atoms with Crippen molar-refractivity contribution in [1.29, 1.82) is 0 Å². The first-order valence-corrected chi connectivity index (χ1v) is 9.20. The van der Waals surface area contributed by atoms with E-state index in [1.54, 1.807) is 32.4 Å². The van der Waals surface area contributed by atoms with Gasteiger partial charge in [0, 0.05) is 25.2 Å². The smallest absolute Gasteiger partial charge is 0.319 e. The molecule has 2 N–H and O–H groups in total. The van der Waals surface area contributed by atoms with E-state index in [9.17, 15) is 4.79 Å². The molecule has 25 heavy (non-hydrogen) atoms. The third kappa shape index (κ3) is 4.57. The number of urea groups is 1. The summed E-state index contributed by atoms with van der Waals surface area (Å²) in [6.45, 7) is 2.98. The van der Waals surface area contributed by atoms with Crippen molar-refractivity contribution in [3.8, 4) is 11.5 Å². The molecule has 1 atom stereocenters. The summed E-state index contributed by atoms with van der Waals surface area (Å²) in [6, 6.07) is 5.92. The van der Waals surface area contributed by atoms with Crippen LogP contribution in [-0.4, -0.2) is 50.8 Å². The zero-order chi connectivity index (χ0) is 17.6. The molecular weight excluding hydrogens is 318 g/mol. The Morgan fingerprint density at radius 1 is 1.20 bits per heavy atom. The molecule has 6 heteroatoms. The van der Waals surface area contributed by atoms with Crippen LogP contribution in [0.3, 0.4) is 0 Å². The van der Waals surface area contributed by atoms with Crippen molar-refractivity contribution in [2.75, 3.05) is 39.2 Å². The Morgan fingerprint density at radius 3 is 2.72 bits per heavy atom. The lowest BCUT2D eigenvalue weighted by atomic mass is 10.1. The van der Waals surface area contributed by atoms with Gasteiger partial charge in [-0.15, -0.1) is 0 Å². The summed E-state index contributed by atoms with van der Waals surface area (Å²) in [5.74, 6) is 1.84. The normalized spacial score (nSPS) is 21.3. The van der Waals surface area contributed by atoms with Crippen LogP contribution < -0.4 is 20.1 Å². The molecule has 0 aromatic heterocycles. The number of methoxy groups -OCH3 is 2. The molecule has 1 aliphatic heterocycles. The van der Waals surface area contributed by atoms with Crippen molar-refractivity contribution in [3.05, 3.63) is 18.2 Å². The molecule has 138 valence electrons. The van der Waals surface area contributed by atoms with E-state index in [1.807, 2.05) is 0 Å². The van der Waals surface area contributed by atoms with Gasteiger partial charge in [0.2, 0.25) is 0 Å². The summed E-state index contributed by atoms with van der Waals surface area (Å²) in [6.07, 6.45) is 6.59. The third-order valence-electron chi connectivity index (χ3n) is 5.36. The molecule has 0 radical (unpaired) electrons. The second kappa shape index (κ2) is 8.43. The summed E-state index contributed by atoms with van der Waals surface area (Å²) in [4.78, 5) is 14.9. The Bertz CT molecular complexity index is 587. The second-order valence-corrected chi connectivity index (χ2v) is 6.99. The van der Waals surface area contributed by atoms with Crippen molar-refractivity contribution >= 4 is 11.7 Å². The highest BCUT2D eigenvalue weighted by Gasteiger charge is 2.29. The Morgan fingerprint density at radius 2 is 2.00 bits per heavy atom. The number of rotatable bonds is 6. The summed E-state index contributed by atoms with van der Waals surface area (Å²) >= 11 is 0. The minimum absolute atomic E-state index is 0.203. The molecule has 1 heterocycles. The van der Waals surface area contributed by atoms with Crippen molar-refractivity contribution < 1.29 is 14.3 Å². The lowest BCUT2D eigenvalue weighted by molar-refractivity contribution is 0.234. The van der Waals surface area contributed by atoms with Crippen LogP contribution in [0.15, 0.2) is 18.2 Å². The molecule has 3 rings (SSSR count). The van der Waals surface area contributed by atoms with E-state index in [1.165, 1.54) is 38.6 Å². The van der Waals surface area contributed by atoms with Crippen LogP contribution in [0.4, 0.5) is 10.5 Å². The van der Waals surface area contributed by atoms with Gasteiger partial charge >= 0.3 is 6.03 Å². The van der Waals surface area contributed by atoms with Crippen LogP contribution in [-0.2, 0) is 0 Å². The summed E-state index contributed by atoms with van der Waals surface area (Å²) in [5.41, 5.74) is 0.610. The molecule has 2 aliphatic rings. The monoisotopic (exact) mass is 347 g/mol. The molecule has 1 aliphatic carbocycles. The van der Waals surface area contributed by atoms with Crippen molar-refractivity contribution in [3.63, 3.8) is 0 Å². The number of carbonyl (C=O) groups is 1. The van der Waals surface area contributed by atoms with Crippen LogP contribution in [0.1, 0.15) is 32.1 Å². The first-order valence-electron chi connectivity index (χ1n) is 9.20. The van der Waals surface area contributed by atoms with Gasteiger partial charge in [-0.3, -0.25) is 0 Å². The van der Waals surface area contributed by atoms with Gasteiger partial charge in [0.15, 0.2) is 0 Å². The molecule has 1 aromatic carbocycles. The van der Waals surface area contributed by atoms with E-state index < -0.39 is 0 Å². The van der Waals surface area contributed by atoms with Crippen molar-refractivity contribution in [2.45, 2.75) is 38.1 Å². The number of nitrogens with one attached hydrogen (secondary N) is 2. The number of hydrogen-bond acceptors (Lipinski definition) is 4. The van der Waals surface area contributed by atoms with E-state index in [-0.39, 0.29) is 6.03 Å². The van der Waals surface area contributed by atoms with Gasteiger partial charge in [-0.05, 0) is 43.9 Å². The number of carbonyl (C=O) groups excluding carboxylic acids is 1. The molecule has 1 saturated heterocycles. The van der Waals surface area contributed by atoms with Crippen LogP contribution in [0.25, 0.3) is 0 Å². The number of nitrogens with zero attached hydrogens (tertiary/aromatic N) is 1. The maximum absolute atomic E-state index is 12.2. The van der Waals surface area contributed by atoms with E-state index in [0.717, 1.165) is 12.6 Å². The van der Waals surface area contributed by atoms with E-state index >= 15 is 0 Å². The number of amides is 2. The predicted molar refractivity (Wildman–Crippen MR) is 98.5 cm³/mol. The Labute approximate surface area is 149 Å². The first kappa shape index (κ1) is 17.9. The minimum atomic E-state index is -0.203. The molecule has 0 bridgehead atoms. The average molecular weight is 347 g/mol. The molecule has 2 amide bonds. The molecule has 1 saturated carbocycles. The summed E-state index contributed by atoms with van der Waals surface area (Å²) in [7, 11) is 3.18. The van der Waals surface area contributed by atoms with Gasteiger partial charge in [0.25, 0.3) is 0 Å². The fourth-order valence-electron chi connectivity index (χ4n) is 3.95. The van der Waals surface area contributed by atoms with Crippen LogP contribution >= 0.6 is 0 Å². The molecule has 6 nitrogen and oxygen atoms in total. The second-order valence-electron chi connectivity index (χ2n) is 6.99. The molecular formula is C19H29N3O3. The number of likely N-dealkylation sites (tertiary alicyclic amines) is 1. The van der Waals surface area contributed by atoms with Gasteiger partial charge in [-0.2, -0.15) is 0 Å². The quantitative estimate of drug-likeness (QED) is 0.830. The highest BCUT2D eigenvalue weighted by Crippen LogP contribution is 2.29. The highest BCUT2D eigenvalue weighted by atomic mass is 16.5. The van der Waals surface area contributed by atoms with Crippen LogP contribution in [0.5, 0.6) is 11.5 Å². The standard InChI is InChI=1S/C19H29N3O3/c1-24-16-7-8-18(25-2)17(11-16)21-19(23)20-12-14-9-10-22(13-14)15-5-3-4-6-15/h7-8,11,14-15H,3-6,9-10,12-13H2,1-2H3,(H2,20,21,23)/t14-/m0/s1. The molecule has 0 spiro atoms. The molecule has 0 unspecified atom stereocenters. The number of anilines is 1. The van der Waals surface area contributed by atoms with E-state index in [2.05, 4.69) is 15.5 Å². The predicted octanol–water partition coefficient (Wildman–Crippen LogP) is 3.09. The van der Waals surface area contributed by atoms with Gasteiger partial charge in [0.05, 0.1) is 19.9 Å². The van der Waals surface area contributed by atoms with E-state index in [4.69, 9.17) is 9.47 Å². The summed E-state index contributed by atoms with van der Waals surface area (Å²) in [5, 5.41) is 5.86. The van der Waals surface area contributed by atoms with Gasteiger partial charge in [-0.1, -0.05) is 12.8 Å². The zero-order valence-corrected chi connectivity index (χ0v) is 15.2. The average Bonchev–Trinajstić information content (AvgIpc) is 3.31. The maximum Gasteiger partial charge on any atom is 0.319 e. The summed E-state index contributed by atoms with van der Waals surface area (Å²) < 4.78 is 10.5. The topological polar surface area (TPSA) is 62.8 Å². The molecule has 2 fully saturated rings. The number of ether oxygens (including phenoxy) is 2. The largest absolute Gasteiger partial charge is 0.497 e. The van der Waals surface area contributed by atoms with E-state index in [0.29, 0.717) is 29.6 Å². The Kier molecular flexibility index (Phi) is 6.02. The van der Waals surface area contributed by atoms with Crippen molar-refractivity contribution in [1.82, 2.24) is 10.2 Å². The zero-order valence-electron chi connectivity index (χ0n) is 15.2. The maximum atomic E-state index is 12.2.